The van der Waals surface area contributed by atoms with Crippen LogP contribution in [0.15, 0.2) is 16.7 Å². The minimum Gasteiger partial charge on any atom is -0.340 e. The van der Waals surface area contributed by atoms with Crippen LogP contribution >= 0.6 is 15.9 Å². The molecule has 2 heterocycles. The van der Waals surface area contributed by atoms with E-state index in [2.05, 4.69) is 29.8 Å². The van der Waals surface area contributed by atoms with Gasteiger partial charge in [0.25, 0.3) is 5.91 Å². The highest BCUT2D eigenvalue weighted by Gasteiger charge is 2.26. The van der Waals surface area contributed by atoms with Crippen molar-refractivity contribution in [3.63, 3.8) is 0 Å². The Morgan fingerprint density at radius 3 is 2.95 bits per heavy atom. The molecule has 1 aromatic rings. The fourth-order valence-electron chi connectivity index (χ4n) is 2.65. The molecule has 1 aliphatic rings. The van der Waals surface area contributed by atoms with Crippen LogP contribution in [0.1, 0.15) is 43.2 Å². The van der Waals surface area contributed by atoms with Gasteiger partial charge in [0, 0.05) is 29.8 Å². The predicted octanol–water partition coefficient (Wildman–Crippen LogP) is 2.64. The van der Waals surface area contributed by atoms with E-state index in [1.165, 1.54) is 0 Å². The summed E-state index contributed by atoms with van der Waals surface area (Å²) in [6.45, 7) is 6.47. The summed E-state index contributed by atoms with van der Waals surface area (Å²) in [5, 5.41) is 0. The minimum absolute atomic E-state index is 0.123. The average molecular weight is 328 g/mol. The quantitative estimate of drug-likeness (QED) is 0.927. The average Bonchev–Trinajstić information content (AvgIpc) is 2.80. The molecule has 0 saturated carbocycles. The van der Waals surface area contributed by atoms with Gasteiger partial charge in [-0.1, -0.05) is 0 Å². The molecule has 19 heavy (non-hydrogen) atoms. The van der Waals surface area contributed by atoms with Crippen LogP contribution in [0.5, 0.6) is 0 Å². The summed E-state index contributed by atoms with van der Waals surface area (Å²) in [7, 11) is 0. The molecule has 1 amide bonds. The van der Waals surface area contributed by atoms with E-state index in [1.54, 1.807) is 0 Å². The lowest BCUT2D eigenvalue weighted by Gasteiger charge is -2.32. The van der Waals surface area contributed by atoms with E-state index in [-0.39, 0.29) is 11.9 Å². The van der Waals surface area contributed by atoms with Crippen LogP contribution in [-0.4, -0.2) is 35.0 Å². The summed E-state index contributed by atoms with van der Waals surface area (Å²) in [4.78, 5) is 14.6. The standard InChI is InChI=1S/C14H22BrN3O/c1-10(2)18-9-12(15)6-13(18)14(19)17-5-3-4-11(7-16)8-17/h6,9-11H,3-5,7-8,16H2,1-2H3. The van der Waals surface area contributed by atoms with Gasteiger partial charge in [-0.2, -0.15) is 0 Å². The van der Waals surface area contributed by atoms with Crippen molar-refractivity contribution < 1.29 is 4.79 Å². The van der Waals surface area contributed by atoms with Crippen LogP contribution in [-0.2, 0) is 0 Å². The van der Waals surface area contributed by atoms with Gasteiger partial charge in [-0.15, -0.1) is 0 Å². The number of likely N-dealkylation sites (tertiary alicyclic amines) is 1. The van der Waals surface area contributed by atoms with Crippen LogP contribution < -0.4 is 5.73 Å². The molecular weight excluding hydrogens is 306 g/mol. The Labute approximate surface area is 123 Å². The van der Waals surface area contributed by atoms with Crippen molar-refractivity contribution >= 4 is 21.8 Å². The number of piperidine rings is 1. The van der Waals surface area contributed by atoms with Gasteiger partial charge < -0.3 is 15.2 Å². The molecule has 1 atom stereocenters. The highest BCUT2D eigenvalue weighted by molar-refractivity contribution is 9.10. The van der Waals surface area contributed by atoms with Gasteiger partial charge in [0.1, 0.15) is 5.69 Å². The van der Waals surface area contributed by atoms with Gasteiger partial charge in [0.15, 0.2) is 0 Å². The molecule has 1 saturated heterocycles. The van der Waals surface area contributed by atoms with Crippen molar-refractivity contribution in [1.82, 2.24) is 9.47 Å². The molecule has 106 valence electrons. The first kappa shape index (κ1) is 14.6. The largest absolute Gasteiger partial charge is 0.340 e. The smallest absolute Gasteiger partial charge is 0.270 e. The number of carbonyl (C=O) groups excluding carboxylic acids is 1. The number of aromatic nitrogens is 1. The van der Waals surface area contributed by atoms with E-state index in [0.29, 0.717) is 12.5 Å². The first-order valence-electron chi connectivity index (χ1n) is 6.89. The van der Waals surface area contributed by atoms with Gasteiger partial charge in [-0.05, 0) is 61.1 Å². The summed E-state index contributed by atoms with van der Waals surface area (Å²) in [6, 6.07) is 2.19. The molecule has 1 aromatic heterocycles. The number of amides is 1. The Balaban J connectivity index is 2.19. The molecule has 2 N–H and O–H groups in total. The Hall–Kier alpha value is -0.810. The van der Waals surface area contributed by atoms with Gasteiger partial charge >= 0.3 is 0 Å². The number of hydrogen-bond acceptors (Lipinski definition) is 2. The fraction of sp³-hybridized carbons (Fsp3) is 0.643. The molecular formula is C14H22BrN3O. The molecule has 0 aliphatic carbocycles. The van der Waals surface area contributed by atoms with E-state index >= 15 is 0 Å². The lowest BCUT2D eigenvalue weighted by atomic mass is 9.98. The molecule has 0 spiro atoms. The van der Waals surface area contributed by atoms with E-state index in [4.69, 9.17) is 5.73 Å². The van der Waals surface area contributed by atoms with Crippen molar-refractivity contribution in [2.75, 3.05) is 19.6 Å². The number of rotatable bonds is 3. The minimum atomic E-state index is 0.123. The van der Waals surface area contributed by atoms with Gasteiger partial charge in [-0.25, -0.2) is 0 Å². The number of nitrogens with two attached hydrogens (primary N) is 1. The summed E-state index contributed by atoms with van der Waals surface area (Å²) in [5.41, 5.74) is 6.50. The maximum atomic E-state index is 12.6. The van der Waals surface area contributed by atoms with Crippen molar-refractivity contribution in [3.05, 3.63) is 22.4 Å². The molecule has 5 heteroatoms. The topological polar surface area (TPSA) is 51.3 Å². The molecule has 0 radical (unpaired) electrons. The molecule has 0 bridgehead atoms. The maximum Gasteiger partial charge on any atom is 0.270 e. The van der Waals surface area contributed by atoms with Gasteiger partial charge in [0.2, 0.25) is 0 Å². The SMILES string of the molecule is CC(C)n1cc(Br)cc1C(=O)N1CCCC(CN)C1. The van der Waals surface area contributed by atoms with Gasteiger partial charge in [0.05, 0.1) is 0 Å². The monoisotopic (exact) mass is 327 g/mol. The second kappa shape index (κ2) is 6.09. The van der Waals surface area contributed by atoms with E-state index < -0.39 is 0 Å². The third-order valence-electron chi connectivity index (χ3n) is 3.73. The summed E-state index contributed by atoms with van der Waals surface area (Å²) in [6.07, 6.45) is 4.16. The fourth-order valence-corrected chi connectivity index (χ4v) is 3.09. The zero-order valence-electron chi connectivity index (χ0n) is 11.6. The first-order chi connectivity index (χ1) is 9.02. The Kier molecular flexibility index (Phi) is 4.68. The van der Waals surface area contributed by atoms with Crippen LogP contribution in [0, 0.1) is 5.92 Å². The lowest BCUT2D eigenvalue weighted by Crippen LogP contribution is -2.42. The number of carbonyl (C=O) groups is 1. The lowest BCUT2D eigenvalue weighted by molar-refractivity contribution is 0.0665. The van der Waals surface area contributed by atoms with Crippen LogP contribution in [0.3, 0.4) is 0 Å². The van der Waals surface area contributed by atoms with Crippen molar-refractivity contribution in [1.29, 1.82) is 0 Å². The highest BCUT2D eigenvalue weighted by Crippen LogP contribution is 2.23. The third-order valence-corrected chi connectivity index (χ3v) is 4.16. The maximum absolute atomic E-state index is 12.6. The van der Waals surface area contributed by atoms with Crippen LogP contribution in [0.25, 0.3) is 0 Å². The van der Waals surface area contributed by atoms with Crippen molar-refractivity contribution in [2.24, 2.45) is 11.7 Å². The first-order valence-corrected chi connectivity index (χ1v) is 7.69. The summed E-state index contributed by atoms with van der Waals surface area (Å²) in [5.74, 6) is 0.571. The Bertz CT molecular complexity index is 456. The number of hydrogen-bond donors (Lipinski definition) is 1. The molecule has 4 nitrogen and oxygen atoms in total. The molecule has 2 rings (SSSR count). The van der Waals surface area contributed by atoms with E-state index in [0.717, 1.165) is 36.1 Å². The van der Waals surface area contributed by atoms with Crippen LogP contribution in [0.4, 0.5) is 0 Å². The Morgan fingerprint density at radius 2 is 2.32 bits per heavy atom. The van der Waals surface area contributed by atoms with Crippen LogP contribution in [0.2, 0.25) is 0 Å². The summed E-state index contributed by atoms with van der Waals surface area (Å²) < 4.78 is 2.98. The normalized spacial score (nSPS) is 20.1. The van der Waals surface area contributed by atoms with Gasteiger partial charge in [-0.3, -0.25) is 4.79 Å². The predicted molar refractivity (Wildman–Crippen MR) is 80.2 cm³/mol. The third kappa shape index (κ3) is 3.20. The van der Waals surface area contributed by atoms with E-state index in [1.807, 2.05) is 21.7 Å². The number of nitrogens with zero attached hydrogens (tertiary/aromatic N) is 2. The molecule has 1 aliphatic heterocycles. The number of halogens is 1. The summed E-state index contributed by atoms with van der Waals surface area (Å²) >= 11 is 3.46. The second-order valence-electron chi connectivity index (χ2n) is 5.54. The second-order valence-corrected chi connectivity index (χ2v) is 6.46. The van der Waals surface area contributed by atoms with Crippen molar-refractivity contribution in [3.8, 4) is 0 Å². The zero-order valence-corrected chi connectivity index (χ0v) is 13.2. The highest BCUT2D eigenvalue weighted by atomic mass is 79.9. The zero-order chi connectivity index (χ0) is 14.0. The molecule has 1 unspecified atom stereocenters. The van der Waals surface area contributed by atoms with Crippen molar-refractivity contribution in [2.45, 2.75) is 32.7 Å². The van der Waals surface area contributed by atoms with E-state index in [9.17, 15) is 4.79 Å². The molecule has 0 aromatic carbocycles. The Morgan fingerprint density at radius 1 is 1.58 bits per heavy atom. The molecule has 1 fully saturated rings.